The number of alkyl halides is 6. The van der Waals surface area contributed by atoms with Gasteiger partial charge in [-0.2, -0.15) is 31.4 Å². The molecule has 1 amide bonds. The molecule has 46 heavy (non-hydrogen) atoms. The van der Waals surface area contributed by atoms with E-state index in [1.165, 1.54) is 7.11 Å². The number of aromatic nitrogens is 4. The highest BCUT2D eigenvalue weighted by molar-refractivity contribution is 5.76. The number of hydrogen-bond donors (Lipinski definition) is 0. The summed E-state index contributed by atoms with van der Waals surface area (Å²) in [6.07, 6.45) is -7.89. The predicted octanol–water partition coefficient (Wildman–Crippen LogP) is 4.04. The molecule has 3 aromatic rings. The number of carbonyl (C=O) groups excluding carboxylic acids is 1. The fourth-order valence-corrected chi connectivity index (χ4v) is 4.57. The van der Waals surface area contributed by atoms with Crippen LogP contribution < -0.4 is 19.9 Å². The van der Waals surface area contributed by atoms with Crippen molar-refractivity contribution in [1.82, 2.24) is 24.6 Å². The van der Waals surface area contributed by atoms with Crippen LogP contribution in [-0.4, -0.2) is 83.2 Å². The number of methoxy groups -OCH3 is 1. The molecule has 17 heteroatoms. The van der Waals surface area contributed by atoms with E-state index in [-0.39, 0.29) is 44.5 Å². The number of anilines is 1. The van der Waals surface area contributed by atoms with Gasteiger partial charge in [0.2, 0.25) is 11.9 Å². The first kappa shape index (κ1) is 34.5. The number of nitrogens with zero attached hydrogens (tertiary/aromatic N) is 6. The number of halogens is 6. The lowest BCUT2D eigenvalue weighted by molar-refractivity contribution is -0.141. The van der Waals surface area contributed by atoms with Gasteiger partial charge in [-0.3, -0.25) is 9.59 Å². The van der Waals surface area contributed by atoms with Crippen molar-refractivity contribution in [2.24, 2.45) is 0 Å². The third-order valence-electron chi connectivity index (χ3n) is 7.18. The number of rotatable bonds is 12. The number of amides is 1. The Hall–Kier alpha value is -4.41. The summed E-state index contributed by atoms with van der Waals surface area (Å²) in [6.45, 7) is 2.52. The van der Waals surface area contributed by atoms with Crippen molar-refractivity contribution < 1.29 is 45.3 Å². The Morgan fingerprint density at radius 1 is 0.957 bits per heavy atom. The fraction of sp³-hybridized carbons (Fsp3) is 0.483. The van der Waals surface area contributed by atoms with Crippen LogP contribution in [0, 0.1) is 0 Å². The van der Waals surface area contributed by atoms with Gasteiger partial charge < -0.3 is 24.0 Å². The molecule has 0 spiro atoms. The van der Waals surface area contributed by atoms with Crippen LogP contribution in [0.15, 0.2) is 47.7 Å². The summed E-state index contributed by atoms with van der Waals surface area (Å²) in [4.78, 5) is 36.3. The van der Waals surface area contributed by atoms with Gasteiger partial charge in [0, 0.05) is 38.6 Å². The highest BCUT2D eigenvalue weighted by atomic mass is 19.4. The average molecular weight is 659 g/mol. The normalized spacial score (nSPS) is 14.7. The minimum Gasteiger partial charge on any atom is -0.497 e. The second-order valence-corrected chi connectivity index (χ2v) is 10.3. The molecule has 0 radical (unpaired) electrons. The molecule has 3 heterocycles. The molecular formula is C29H32F6N6O5. The molecule has 2 aromatic heterocycles. The molecule has 1 atom stereocenters. The van der Waals surface area contributed by atoms with E-state index in [9.17, 15) is 35.9 Å². The molecule has 0 N–H and O–H groups in total. The molecular weight excluding hydrogens is 626 g/mol. The van der Waals surface area contributed by atoms with E-state index in [0.29, 0.717) is 54.6 Å². The van der Waals surface area contributed by atoms with E-state index in [4.69, 9.17) is 14.2 Å². The fourth-order valence-electron chi connectivity index (χ4n) is 4.57. The van der Waals surface area contributed by atoms with Crippen LogP contribution in [0.3, 0.4) is 0 Å². The summed E-state index contributed by atoms with van der Waals surface area (Å²) >= 11 is 0. The Morgan fingerprint density at radius 3 is 2.17 bits per heavy atom. The molecule has 0 aliphatic carbocycles. The summed E-state index contributed by atoms with van der Waals surface area (Å²) in [5.74, 6) is -0.266. The van der Waals surface area contributed by atoms with Gasteiger partial charge in [-0.1, -0.05) is 19.1 Å². The predicted molar refractivity (Wildman–Crippen MR) is 152 cm³/mol. The van der Waals surface area contributed by atoms with E-state index >= 15 is 0 Å². The third kappa shape index (κ3) is 8.86. The van der Waals surface area contributed by atoms with Gasteiger partial charge in [0.15, 0.2) is 11.3 Å². The Labute approximate surface area is 259 Å². The van der Waals surface area contributed by atoms with Gasteiger partial charge in [0.1, 0.15) is 11.9 Å². The molecule has 1 unspecified atom stereocenters. The molecule has 1 saturated heterocycles. The van der Waals surface area contributed by atoms with Crippen molar-refractivity contribution in [3.63, 3.8) is 0 Å². The van der Waals surface area contributed by atoms with Gasteiger partial charge in [0.25, 0.3) is 5.56 Å². The Bertz CT molecular complexity index is 1510. The van der Waals surface area contributed by atoms with Gasteiger partial charge in [-0.15, -0.1) is 0 Å². The smallest absolute Gasteiger partial charge is 0.425 e. The first-order chi connectivity index (χ1) is 21.8. The maximum Gasteiger partial charge on any atom is 0.425 e. The van der Waals surface area contributed by atoms with E-state index in [0.717, 1.165) is 6.20 Å². The minimum absolute atomic E-state index is 0.00994. The Kier molecular flexibility index (Phi) is 11.1. The molecule has 1 aliphatic rings. The van der Waals surface area contributed by atoms with Crippen molar-refractivity contribution in [3.8, 4) is 11.5 Å². The van der Waals surface area contributed by atoms with Gasteiger partial charge in [0.05, 0.1) is 45.0 Å². The number of carbonyl (C=O) groups is 1. The summed E-state index contributed by atoms with van der Waals surface area (Å²) in [6, 6.07) is 6.45. The van der Waals surface area contributed by atoms with Crippen LogP contribution in [0.4, 0.5) is 32.3 Å². The van der Waals surface area contributed by atoms with Crippen molar-refractivity contribution in [2.75, 3.05) is 51.4 Å². The van der Waals surface area contributed by atoms with E-state index in [2.05, 4.69) is 15.1 Å². The quantitative estimate of drug-likeness (QED) is 0.210. The van der Waals surface area contributed by atoms with E-state index < -0.39 is 40.9 Å². The zero-order chi connectivity index (χ0) is 33.5. The molecule has 1 fully saturated rings. The van der Waals surface area contributed by atoms with Crippen LogP contribution in [0.25, 0.3) is 0 Å². The Morgan fingerprint density at radius 2 is 1.61 bits per heavy atom. The van der Waals surface area contributed by atoms with Gasteiger partial charge in [-0.25, -0.2) is 14.6 Å². The van der Waals surface area contributed by atoms with Crippen molar-refractivity contribution >= 4 is 11.9 Å². The molecule has 1 aliphatic heterocycles. The maximum atomic E-state index is 14.0. The molecule has 0 bridgehead atoms. The second-order valence-electron chi connectivity index (χ2n) is 10.3. The first-order valence-corrected chi connectivity index (χ1v) is 14.3. The maximum absolute atomic E-state index is 14.0. The topological polar surface area (TPSA) is 112 Å². The summed E-state index contributed by atoms with van der Waals surface area (Å²) < 4.78 is 97.0. The largest absolute Gasteiger partial charge is 0.497 e. The standard InChI is InChI=1S/C29H32F6N6O5/c1-3-21(46-23-16-38-41(26(43)25(23)29(33,34)35)17-19-4-6-22(44-2)7-5-19)18-45-13-8-24(42)39-9-11-40(12-10-39)27-36-14-20(15-37-27)28(30,31)32/h4-7,14-16,21H,3,8-13,17-18H2,1-2H3. The van der Waals surface area contributed by atoms with Crippen molar-refractivity contribution in [3.05, 3.63) is 69.9 Å². The highest BCUT2D eigenvalue weighted by Gasteiger charge is 2.40. The third-order valence-corrected chi connectivity index (χ3v) is 7.18. The minimum atomic E-state index is -5.01. The average Bonchev–Trinajstić information content (AvgIpc) is 3.03. The first-order valence-electron chi connectivity index (χ1n) is 14.3. The van der Waals surface area contributed by atoms with Crippen LogP contribution in [0.5, 0.6) is 11.5 Å². The molecule has 1 aromatic carbocycles. The van der Waals surface area contributed by atoms with Crippen LogP contribution in [0.2, 0.25) is 0 Å². The lowest BCUT2D eigenvalue weighted by atomic mass is 10.2. The number of hydrogen-bond acceptors (Lipinski definition) is 9. The summed E-state index contributed by atoms with van der Waals surface area (Å²) in [5, 5.41) is 3.89. The van der Waals surface area contributed by atoms with E-state index in [1.54, 1.807) is 41.0 Å². The van der Waals surface area contributed by atoms with Gasteiger partial charge in [-0.05, 0) is 24.1 Å². The second kappa shape index (κ2) is 14.8. The lowest BCUT2D eigenvalue weighted by Crippen LogP contribution is -2.49. The number of benzene rings is 1. The molecule has 0 saturated carbocycles. The SMILES string of the molecule is CCC(COCCC(=O)N1CCN(c2ncc(C(F)(F)F)cn2)CC1)Oc1cnn(Cc2ccc(OC)cc2)c(=O)c1C(F)(F)F. The van der Waals surface area contributed by atoms with Crippen molar-refractivity contribution in [2.45, 2.75) is 44.8 Å². The monoisotopic (exact) mass is 658 g/mol. The molecule has 4 rings (SSSR count). The zero-order valence-electron chi connectivity index (χ0n) is 25.0. The zero-order valence-corrected chi connectivity index (χ0v) is 25.0. The highest BCUT2D eigenvalue weighted by Crippen LogP contribution is 2.34. The summed E-state index contributed by atoms with van der Waals surface area (Å²) in [7, 11) is 1.47. The Balaban J connectivity index is 1.27. The van der Waals surface area contributed by atoms with E-state index in [1.807, 2.05) is 0 Å². The molecule has 250 valence electrons. The van der Waals surface area contributed by atoms with Gasteiger partial charge >= 0.3 is 12.4 Å². The number of piperazine rings is 1. The molecule has 11 nitrogen and oxygen atoms in total. The van der Waals surface area contributed by atoms with Crippen molar-refractivity contribution in [1.29, 1.82) is 0 Å². The van der Waals surface area contributed by atoms with Crippen LogP contribution in [-0.2, 0) is 28.4 Å². The summed E-state index contributed by atoms with van der Waals surface area (Å²) in [5.41, 5.74) is -3.25. The van der Waals surface area contributed by atoms with Crippen LogP contribution in [0.1, 0.15) is 36.5 Å². The lowest BCUT2D eigenvalue weighted by Gasteiger charge is -2.34. The van der Waals surface area contributed by atoms with Crippen LogP contribution >= 0.6 is 0 Å². The number of ether oxygens (including phenoxy) is 3.